The predicted octanol–water partition coefficient (Wildman–Crippen LogP) is 4.62. The van der Waals surface area contributed by atoms with Crippen molar-refractivity contribution in [2.24, 2.45) is 0 Å². The van der Waals surface area contributed by atoms with Crippen LogP contribution in [0.15, 0.2) is 54.6 Å². The van der Waals surface area contributed by atoms with Gasteiger partial charge < -0.3 is 15.7 Å². The van der Waals surface area contributed by atoms with Crippen LogP contribution in [0.5, 0.6) is 0 Å². The highest BCUT2D eigenvalue weighted by Crippen LogP contribution is 2.21. The van der Waals surface area contributed by atoms with Crippen molar-refractivity contribution in [3.8, 4) is 0 Å². The van der Waals surface area contributed by atoms with Gasteiger partial charge in [-0.1, -0.05) is 11.6 Å². The summed E-state index contributed by atoms with van der Waals surface area (Å²) >= 11 is 5.89. The zero-order valence-corrected chi connectivity index (χ0v) is 14.1. The van der Waals surface area contributed by atoms with Crippen LogP contribution >= 0.6 is 11.6 Å². The molecule has 0 fully saturated rings. The van der Waals surface area contributed by atoms with E-state index in [1.54, 1.807) is 37.3 Å². The molecule has 0 aliphatic heterocycles. The normalized spacial score (nSPS) is 10.3. The molecule has 0 radical (unpaired) electrons. The van der Waals surface area contributed by atoms with E-state index in [-0.39, 0.29) is 5.56 Å². The van der Waals surface area contributed by atoms with Gasteiger partial charge in [0, 0.05) is 22.5 Å². The summed E-state index contributed by atoms with van der Waals surface area (Å²) < 4.78 is 0. The smallest absolute Gasteiger partial charge is 0.335 e. The molecular weight excluding hydrogens is 340 g/mol. The van der Waals surface area contributed by atoms with Gasteiger partial charge in [0.15, 0.2) is 0 Å². The highest BCUT2D eigenvalue weighted by atomic mass is 35.5. The van der Waals surface area contributed by atoms with Crippen LogP contribution in [0.2, 0.25) is 5.02 Å². The lowest BCUT2D eigenvalue weighted by atomic mass is 10.2. The van der Waals surface area contributed by atoms with Gasteiger partial charge in [0.05, 0.1) is 5.56 Å². The molecule has 0 unspecified atom stereocenters. The van der Waals surface area contributed by atoms with E-state index in [1.165, 1.54) is 12.1 Å². The van der Waals surface area contributed by atoms with Gasteiger partial charge in [-0.2, -0.15) is 0 Å². The number of carboxylic acid groups (broad SMARTS) is 1. The summed E-state index contributed by atoms with van der Waals surface area (Å²) in [5.74, 6) is 0.883. The summed E-state index contributed by atoms with van der Waals surface area (Å²) in [7, 11) is 0. The van der Waals surface area contributed by atoms with Gasteiger partial charge in [-0.15, -0.1) is 0 Å². The van der Waals surface area contributed by atoms with Gasteiger partial charge in [-0.3, -0.25) is 0 Å². The lowest BCUT2D eigenvalue weighted by Crippen LogP contribution is -2.02. The number of benzene rings is 2. The van der Waals surface area contributed by atoms with E-state index in [0.717, 1.165) is 11.4 Å². The van der Waals surface area contributed by atoms with Gasteiger partial charge in [0.1, 0.15) is 17.5 Å². The van der Waals surface area contributed by atoms with E-state index in [1.807, 2.05) is 12.1 Å². The molecule has 0 bridgehead atoms. The molecule has 0 aliphatic carbocycles. The summed E-state index contributed by atoms with van der Waals surface area (Å²) in [5.41, 5.74) is 1.83. The van der Waals surface area contributed by atoms with Gasteiger partial charge in [-0.25, -0.2) is 14.8 Å². The quantitative estimate of drug-likeness (QED) is 0.619. The van der Waals surface area contributed by atoms with E-state index in [9.17, 15) is 4.79 Å². The summed E-state index contributed by atoms with van der Waals surface area (Å²) in [6, 6.07) is 15.5. The lowest BCUT2D eigenvalue weighted by molar-refractivity contribution is 0.0697. The van der Waals surface area contributed by atoms with Crippen LogP contribution in [0.3, 0.4) is 0 Å². The monoisotopic (exact) mass is 354 g/mol. The van der Waals surface area contributed by atoms with Gasteiger partial charge >= 0.3 is 5.97 Å². The summed E-state index contributed by atoms with van der Waals surface area (Å²) in [6.45, 7) is 1.80. The molecule has 7 heteroatoms. The molecule has 3 N–H and O–H groups in total. The van der Waals surface area contributed by atoms with Crippen molar-refractivity contribution in [1.29, 1.82) is 0 Å². The number of nitrogens with zero attached hydrogens (tertiary/aromatic N) is 2. The molecule has 1 aromatic heterocycles. The van der Waals surface area contributed by atoms with Crippen molar-refractivity contribution in [3.05, 3.63) is 71.0 Å². The maximum Gasteiger partial charge on any atom is 0.335 e. The van der Waals surface area contributed by atoms with E-state index in [4.69, 9.17) is 16.7 Å². The number of aryl methyl sites for hydroxylation is 1. The summed E-state index contributed by atoms with van der Waals surface area (Å²) in [4.78, 5) is 19.6. The number of hydrogen-bond donors (Lipinski definition) is 3. The third-order valence-electron chi connectivity index (χ3n) is 3.36. The Morgan fingerprint density at radius 2 is 1.40 bits per heavy atom. The maximum absolute atomic E-state index is 10.9. The topological polar surface area (TPSA) is 87.1 Å². The maximum atomic E-state index is 10.9. The van der Waals surface area contributed by atoms with Crippen molar-refractivity contribution < 1.29 is 9.90 Å². The van der Waals surface area contributed by atoms with E-state index in [2.05, 4.69) is 20.6 Å². The fraction of sp³-hybridized carbons (Fsp3) is 0.0556. The number of rotatable bonds is 5. The van der Waals surface area contributed by atoms with E-state index in [0.29, 0.717) is 22.5 Å². The number of nitrogens with one attached hydrogen (secondary N) is 2. The molecule has 0 amide bonds. The molecule has 3 rings (SSSR count). The minimum absolute atomic E-state index is 0.231. The molecule has 0 atom stereocenters. The van der Waals surface area contributed by atoms with Crippen molar-refractivity contribution in [3.63, 3.8) is 0 Å². The van der Waals surface area contributed by atoms with E-state index < -0.39 is 5.97 Å². The number of aromatic nitrogens is 2. The number of hydrogen-bond acceptors (Lipinski definition) is 5. The Labute approximate surface area is 149 Å². The molecule has 3 aromatic rings. The zero-order chi connectivity index (χ0) is 17.8. The second-order valence-electron chi connectivity index (χ2n) is 5.33. The minimum Gasteiger partial charge on any atom is -0.478 e. The molecule has 2 aromatic carbocycles. The Morgan fingerprint density at radius 1 is 0.920 bits per heavy atom. The van der Waals surface area contributed by atoms with E-state index >= 15 is 0 Å². The predicted molar refractivity (Wildman–Crippen MR) is 98.2 cm³/mol. The molecule has 25 heavy (non-hydrogen) atoms. The molecular formula is C18H15ClN4O2. The van der Waals surface area contributed by atoms with Crippen molar-refractivity contribution in [1.82, 2.24) is 9.97 Å². The largest absolute Gasteiger partial charge is 0.478 e. The lowest BCUT2D eigenvalue weighted by Gasteiger charge is -2.10. The Bertz CT molecular complexity index is 896. The highest BCUT2D eigenvalue weighted by molar-refractivity contribution is 6.30. The summed E-state index contributed by atoms with van der Waals surface area (Å²) in [6.07, 6.45) is 0. The molecule has 1 heterocycles. The Morgan fingerprint density at radius 3 is 1.88 bits per heavy atom. The van der Waals surface area contributed by atoms with Crippen LogP contribution in [0.4, 0.5) is 23.0 Å². The Kier molecular flexibility index (Phi) is 4.81. The number of carbonyl (C=O) groups is 1. The first kappa shape index (κ1) is 16.7. The number of aromatic carboxylic acids is 1. The molecule has 0 spiro atoms. The number of carboxylic acids is 1. The molecule has 6 nitrogen and oxygen atoms in total. The highest BCUT2D eigenvalue weighted by Gasteiger charge is 2.05. The standard InChI is InChI=1S/C18H15ClN4O2/c1-11-20-16(22-14-6-2-12(3-7-14)18(24)25)10-17(21-11)23-15-8-4-13(19)5-9-15/h2-10H,1H3,(H,24,25)(H2,20,21,22,23). The van der Waals surface area contributed by atoms with Crippen LogP contribution < -0.4 is 10.6 Å². The van der Waals surface area contributed by atoms with Crippen LogP contribution in [-0.4, -0.2) is 21.0 Å². The third kappa shape index (κ3) is 4.45. The van der Waals surface area contributed by atoms with Crippen LogP contribution in [0, 0.1) is 6.92 Å². The molecule has 0 aliphatic rings. The first-order chi connectivity index (χ1) is 12.0. The Balaban J connectivity index is 1.79. The first-order valence-electron chi connectivity index (χ1n) is 7.48. The average Bonchev–Trinajstić information content (AvgIpc) is 2.57. The Hall–Kier alpha value is -3.12. The van der Waals surface area contributed by atoms with Crippen molar-refractivity contribution in [2.45, 2.75) is 6.92 Å². The second-order valence-corrected chi connectivity index (χ2v) is 5.76. The molecule has 0 saturated carbocycles. The van der Waals surface area contributed by atoms with Crippen LogP contribution in [0.1, 0.15) is 16.2 Å². The molecule has 126 valence electrons. The average molecular weight is 355 g/mol. The SMILES string of the molecule is Cc1nc(Nc2ccc(Cl)cc2)cc(Nc2ccc(C(=O)O)cc2)n1. The second kappa shape index (κ2) is 7.19. The zero-order valence-electron chi connectivity index (χ0n) is 13.3. The fourth-order valence-electron chi connectivity index (χ4n) is 2.22. The van der Waals surface area contributed by atoms with Crippen molar-refractivity contribution in [2.75, 3.05) is 10.6 Å². The van der Waals surface area contributed by atoms with Crippen molar-refractivity contribution >= 4 is 40.6 Å². The summed E-state index contributed by atoms with van der Waals surface area (Å²) in [5, 5.41) is 15.9. The van der Waals surface area contributed by atoms with Gasteiger partial charge in [-0.05, 0) is 55.5 Å². The van der Waals surface area contributed by atoms with Crippen LogP contribution in [-0.2, 0) is 0 Å². The minimum atomic E-state index is -0.959. The fourth-order valence-corrected chi connectivity index (χ4v) is 2.35. The van der Waals surface area contributed by atoms with Gasteiger partial charge in [0.2, 0.25) is 0 Å². The third-order valence-corrected chi connectivity index (χ3v) is 3.61. The van der Waals surface area contributed by atoms with Gasteiger partial charge in [0.25, 0.3) is 0 Å². The van der Waals surface area contributed by atoms with Crippen LogP contribution in [0.25, 0.3) is 0 Å². The number of anilines is 4. The number of halogens is 1. The first-order valence-corrected chi connectivity index (χ1v) is 7.86. The molecule has 0 saturated heterocycles.